The third-order valence-electron chi connectivity index (χ3n) is 8.78. The summed E-state index contributed by atoms with van der Waals surface area (Å²) in [6.07, 6.45) is -8.97. The fourth-order valence-electron chi connectivity index (χ4n) is 6.47. The standard InChI is InChI=1S/C30H34F7NO4/c1-19(21-15-22(29(32,33)34)17-23(16-21)30(35,36)37)42-28(18-38-11-9-27(10-12-38)26(39)8-14-40-27)25(3-2-13-41-28)20-4-6-24(31)7-5-20/h4-7,15-17,19,25-26,39H,2-3,8-14,18H2,1H3/t19-,25-,26-,28+/m1/s1. The third kappa shape index (κ3) is 6.47. The van der Waals surface area contributed by atoms with E-state index in [2.05, 4.69) is 4.90 Å². The Bertz CT molecular complexity index is 1200. The predicted octanol–water partition coefficient (Wildman–Crippen LogP) is 6.85. The van der Waals surface area contributed by atoms with Gasteiger partial charge in [-0.2, -0.15) is 26.3 Å². The normalized spacial score (nSPS) is 27.8. The minimum absolute atomic E-state index is 0.0908. The highest BCUT2D eigenvalue weighted by molar-refractivity contribution is 5.35. The Morgan fingerprint density at radius 3 is 2.10 bits per heavy atom. The highest BCUT2D eigenvalue weighted by atomic mass is 19.4. The van der Waals surface area contributed by atoms with Crippen molar-refractivity contribution in [3.05, 3.63) is 70.5 Å². The number of aliphatic hydroxyl groups excluding tert-OH is 1. The average molecular weight is 606 g/mol. The number of ether oxygens (including phenoxy) is 3. The van der Waals surface area contributed by atoms with Crippen LogP contribution in [0.5, 0.6) is 0 Å². The highest BCUT2D eigenvalue weighted by Gasteiger charge is 2.50. The van der Waals surface area contributed by atoms with E-state index in [0.717, 1.165) is 0 Å². The SMILES string of the molecule is C[C@@H](O[C@]1(CN2CCC3(CC2)OCC[C@H]3O)OCCC[C@@H]1c1ccc(F)cc1)c1cc(C(F)(F)F)cc(C(F)(F)F)c1. The van der Waals surface area contributed by atoms with Crippen molar-refractivity contribution in [2.75, 3.05) is 32.8 Å². The number of aliphatic hydroxyl groups is 1. The lowest BCUT2D eigenvalue weighted by molar-refractivity contribution is -0.294. The van der Waals surface area contributed by atoms with Crippen molar-refractivity contribution in [2.45, 2.75) is 80.9 Å². The van der Waals surface area contributed by atoms with Crippen molar-refractivity contribution in [2.24, 2.45) is 0 Å². The number of halogens is 7. The van der Waals surface area contributed by atoms with E-state index in [-0.39, 0.29) is 24.8 Å². The van der Waals surface area contributed by atoms with E-state index < -0.39 is 58.8 Å². The van der Waals surface area contributed by atoms with Crippen LogP contribution in [0.25, 0.3) is 0 Å². The first kappa shape index (κ1) is 31.2. The molecule has 0 aliphatic carbocycles. The van der Waals surface area contributed by atoms with Crippen LogP contribution in [0.1, 0.15) is 73.3 Å². The van der Waals surface area contributed by atoms with Gasteiger partial charge in [0.2, 0.25) is 0 Å². The number of benzene rings is 2. The summed E-state index contributed by atoms with van der Waals surface area (Å²) >= 11 is 0. The molecule has 3 aliphatic rings. The van der Waals surface area contributed by atoms with Gasteiger partial charge in [-0.15, -0.1) is 0 Å². The van der Waals surface area contributed by atoms with Crippen molar-refractivity contribution in [3.8, 4) is 0 Å². The zero-order chi connectivity index (χ0) is 30.3. The lowest BCUT2D eigenvalue weighted by Crippen LogP contribution is -2.57. The lowest BCUT2D eigenvalue weighted by atomic mass is 9.82. The second-order valence-electron chi connectivity index (χ2n) is 11.5. The Hall–Kier alpha value is -2.25. The molecule has 1 N–H and O–H groups in total. The Morgan fingerprint density at radius 1 is 0.929 bits per heavy atom. The summed E-state index contributed by atoms with van der Waals surface area (Å²) in [4.78, 5) is 2.06. The minimum atomic E-state index is -5.00. The van der Waals surface area contributed by atoms with Crippen LogP contribution >= 0.6 is 0 Å². The van der Waals surface area contributed by atoms with Gasteiger partial charge in [0.05, 0.1) is 48.7 Å². The zero-order valence-electron chi connectivity index (χ0n) is 23.1. The fraction of sp³-hybridized carbons (Fsp3) is 0.600. The van der Waals surface area contributed by atoms with Gasteiger partial charge in [0.1, 0.15) is 5.82 Å². The van der Waals surface area contributed by atoms with Crippen molar-refractivity contribution < 1.29 is 50.1 Å². The second-order valence-corrected chi connectivity index (χ2v) is 11.5. The van der Waals surface area contributed by atoms with Gasteiger partial charge in [0.25, 0.3) is 0 Å². The summed E-state index contributed by atoms with van der Waals surface area (Å²) in [6, 6.07) is 7.22. The van der Waals surface area contributed by atoms with Crippen molar-refractivity contribution in [1.29, 1.82) is 0 Å². The van der Waals surface area contributed by atoms with Crippen LogP contribution in [0.15, 0.2) is 42.5 Å². The molecule has 3 saturated heterocycles. The summed E-state index contributed by atoms with van der Waals surface area (Å²) in [5.74, 6) is -2.39. The van der Waals surface area contributed by atoms with E-state index in [1.165, 1.54) is 19.1 Å². The summed E-state index contributed by atoms with van der Waals surface area (Å²) < 4.78 is 114. The molecule has 5 rings (SSSR count). The monoisotopic (exact) mass is 605 g/mol. The van der Waals surface area contributed by atoms with E-state index in [9.17, 15) is 35.8 Å². The lowest BCUT2D eigenvalue weighted by Gasteiger charge is -2.49. The first-order valence-corrected chi connectivity index (χ1v) is 14.1. The smallest absolute Gasteiger partial charge is 0.390 e. The molecule has 3 aliphatic heterocycles. The largest absolute Gasteiger partial charge is 0.416 e. The van der Waals surface area contributed by atoms with Gasteiger partial charge in [0, 0.05) is 19.0 Å². The topological polar surface area (TPSA) is 51.2 Å². The fourth-order valence-corrected chi connectivity index (χ4v) is 6.47. The molecule has 3 fully saturated rings. The molecule has 42 heavy (non-hydrogen) atoms. The van der Waals surface area contributed by atoms with E-state index in [1.54, 1.807) is 12.1 Å². The summed E-state index contributed by atoms with van der Waals surface area (Å²) in [6.45, 7) is 3.33. The van der Waals surface area contributed by atoms with E-state index >= 15 is 0 Å². The molecule has 4 atom stereocenters. The van der Waals surface area contributed by atoms with Crippen molar-refractivity contribution in [3.63, 3.8) is 0 Å². The molecule has 232 valence electrons. The van der Waals surface area contributed by atoms with Gasteiger partial charge in [-0.1, -0.05) is 12.1 Å². The molecule has 0 aromatic heterocycles. The molecule has 3 heterocycles. The molecule has 2 aromatic rings. The first-order chi connectivity index (χ1) is 19.7. The highest BCUT2D eigenvalue weighted by Crippen LogP contribution is 2.46. The van der Waals surface area contributed by atoms with Crippen LogP contribution in [0.3, 0.4) is 0 Å². The van der Waals surface area contributed by atoms with Crippen LogP contribution in [-0.2, 0) is 26.6 Å². The molecule has 1 spiro atoms. The molecule has 12 heteroatoms. The van der Waals surface area contributed by atoms with Crippen molar-refractivity contribution >= 4 is 0 Å². The van der Waals surface area contributed by atoms with Gasteiger partial charge in [-0.25, -0.2) is 4.39 Å². The zero-order valence-corrected chi connectivity index (χ0v) is 23.1. The quantitative estimate of drug-likeness (QED) is 0.366. The molecule has 0 bridgehead atoms. The van der Waals surface area contributed by atoms with Gasteiger partial charge >= 0.3 is 12.4 Å². The van der Waals surface area contributed by atoms with Crippen LogP contribution in [0, 0.1) is 5.82 Å². The maximum atomic E-state index is 13.8. The van der Waals surface area contributed by atoms with Crippen LogP contribution < -0.4 is 0 Å². The third-order valence-corrected chi connectivity index (χ3v) is 8.78. The maximum Gasteiger partial charge on any atom is 0.416 e. The predicted molar refractivity (Wildman–Crippen MR) is 138 cm³/mol. The molecule has 0 saturated carbocycles. The van der Waals surface area contributed by atoms with E-state index in [4.69, 9.17) is 14.2 Å². The number of likely N-dealkylation sites (tertiary alicyclic amines) is 1. The number of hydrogen-bond acceptors (Lipinski definition) is 5. The number of nitrogens with zero attached hydrogens (tertiary/aromatic N) is 1. The van der Waals surface area contributed by atoms with Gasteiger partial charge in [-0.05, 0) is 80.5 Å². The second kappa shape index (κ2) is 11.7. The molecule has 0 amide bonds. The van der Waals surface area contributed by atoms with Crippen LogP contribution in [0.4, 0.5) is 30.7 Å². The number of rotatable bonds is 6. The Morgan fingerprint density at radius 2 is 1.55 bits per heavy atom. The van der Waals surface area contributed by atoms with Gasteiger partial charge in [0.15, 0.2) is 5.79 Å². The van der Waals surface area contributed by atoms with E-state index in [1.807, 2.05) is 0 Å². The van der Waals surface area contributed by atoms with Gasteiger partial charge < -0.3 is 19.3 Å². The minimum Gasteiger partial charge on any atom is -0.390 e. The molecular weight excluding hydrogens is 571 g/mol. The average Bonchev–Trinajstić information content (AvgIpc) is 3.28. The summed E-state index contributed by atoms with van der Waals surface area (Å²) in [5, 5.41) is 10.5. The Kier molecular flexibility index (Phi) is 8.67. The maximum absolute atomic E-state index is 13.8. The number of alkyl halides is 6. The summed E-state index contributed by atoms with van der Waals surface area (Å²) in [5.41, 5.74) is -3.08. The Labute approximate surface area is 239 Å². The first-order valence-electron chi connectivity index (χ1n) is 14.1. The summed E-state index contributed by atoms with van der Waals surface area (Å²) in [7, 11) is 0. The van der Waals surface area contributed by atoms with Crippen LogP contribution in [0.2, 0.25) is 0 Å². The Balaban J connectivity index is 1.48. The van der Waals surface area contributed by atoms with E-state index in [0.29, 0.717) is 69.5 Å². The molecule has 5 nitrogen and oxygen atoms in total. The van der Waals surface area contributed by atoms with Crippen LogP contribution in [-0.4, -0.2) is 60.3 Å². The van der Waals surface area contributed by atoms with Gasteiger partial charge in [-0.3, -0.25) is 4.90 Å². The molecule has 0 radical (unpaired) electrons. The number of hydrogen-bond donors (Lipinski definition) is 1. The molecular formula is C30H34F7NO4. The van der Waals surface area contributed by atoms with Crippen molar-refractivity contribution in [1.82, 2.24) is 4.90 Å². The number of piperidine rings is 1. The molecule has 2 aromatic carbocycles. The molecule has 0 unspecified atom stereocenters.